The highest BCUT2D eigenvalue weighted by Gasteiger charge is 2.46. The number of unbranched alkanes of at least 4 members (excludes halogenated alkanes) is 2. The second-order valence-electron chi connectivity index (χ2n) is 20.1. The van der Waals surface area contributed by atoms with Gasteiger partial charge in [0.05, 0.1) is 31.0 Å². The fourth-order valence-electron chi connectivity index (χ4n) is 9.89. The predicted octanol–water partition coefficient (Wildman–Crippen LogP) is 2.08. The number of phenolic OH excluding ortho intramolecular Hbond substituents is 1. The Morgan fingerprint density at radius 1 is 0.701 bits per heavy atom. The highest BCUT2D eigenvalue weighted by molar-refractivity contribution is 6.00. The van der Waals surface area contributed by atoms with Crippen molar-refractivity contribution in [1.82, 2.24) is 36.4 Å². The van der Waals surface area contributed by atoms with Crippen molar-refractivity contribution in [2.24, 2.45) is 0 Å². The number of amides is 7. The molecule has 3 aliphatic rings. The lowest BCUT2D eigenvalue weighted by Crippen LogP contribution is -2.62. The van der Waals surface area contributed by atoms with E-state index in [1.807, 2.05) is 48.5 Å². The minimum atomic E-state index is -1.70. The molecule has 412 valence electrons. The van der Waals surface area contributed by atoms with Gasteiger partial charge in [-0.2, -0.15) is 0 Å². The standard InChI is InChI=1S/C57H71N7O13/c1-4-5-6-30-77-43-24-20-39(21-25-43)37-14-12-36(13-15-37)38-16-18-40(19-17-38)51(70)59-44-8-7-28-58-55(74)50-47(69)27-29-63(50)56(75)48(33(2)65)61-53(72)45(26-11-35-9-22-41(67)23-10-35)60-54(73)46-31-42(68)32-64(46)57(76)49(34(3)66)62-52(44)71/h9-10,12-25,33-34,42,44-50,65-69H,4-8,11,26-32H2,1-3H3,(H,58,74)(H,59,70)(H,60,73)(H,61,72)(H,62,71)/t33-,34-,42-,44?,45?,46?,47+,48?,49?,50?/m1/s1. The highest BCUT2D eigenvalue weighted by Crippen LogP contribution is 2.28. The Labute approximate surface area is 447 Å². The van der Waals surface area contributed by atoms with Crippen LogP contribution in [0.5, 0.6) is 11.5 Å². The molecule has 4 aromatic carbocycles. The van der Waals surface area contributed by atoms with E-state index in [1.165, 1.54) is 26.0 Å². The number of aliphatic hydroxyl groups excluding tert-OH is 4. The van der Waals surface area contributed by atoms with Crippen LogP contribution in [0, 0.1) is 0 Å². The molecule has 7 amide bonds. The number of aryl methyl sites for hydroxylation is 1. The van der Waals surface area contributed by atoms with E-state index >= 15 is 0 Å². The molecule has 0 spiro atoms. The summed E-state index contributed by atoms with van der Waals surface area (Å²) in [7, 11) is 0. The van der Waals surface area contributed by atoms with E-state index in [0.29, 0.717) is 12.2 Å². The zero-order valence-corrected chi connectivity index (χ0v) is 43.6. The lowest BCUT2D eigenvalue weighted by Gasteiger charge is -2.32. The van der Waals surface area contributed by atoms with Crippen molar-refractivity contribution in [2.45, 2.75) is 139 Å². The minimum Gasteiger partial charge on any atom is -0.508 e. The largest absolute Gasteiger partial charge is 0.508 e. The van der Waals surface area contributed by atoms with Gasteiger partial charge in [-0.25, -0.2) is 0 Å². The van der Waals surface area contributed by atoms with Gasteiger partial charge in [0, 0.05) is 31.6 Å². The van der Waals surface area contributed by atoms with Crippen molar-refractivity contribution in [2.75, 3.05) is 26.2 Å². The molecule has 3 aliphatic heterocycles. The van der Waals surface area contributed by atoms with Crippen LogP contribution in [0.3, 0.4) is 0 Å². The number of aliphatic hydroxyl groups is 4. The van der Waals surface area contributed by atoms with Gasteiger partial charge in [-0.1, -0.05) is 80.4 Å². The van der Waals surface area contributed by atoms with Gasteiger partial charge in [-0.05, 0) is 117 Å². The molecule has 0 saturated carbocycles. The van der Waals surface area contributed by atoms with E-state index in [4.69, 9.17) is 4.74 Å². The summed E-state index contributed by atoms with van der Waals surface area (Å²) in [5, 5.41) is 66.8. The van der Waals surface area contributed by atoms with Crippen molar-refractivity contribution in [3.8, 4) is 33.8 Å². The van der Waals surface area contributed by atoms with Crippen LogP contribution in [0.25, 0.3) is 22.3 Å². The number of fused-ring (bicyclic) bond motifs is 2. The van der Waals surface area contributed by atoms with Crippen molar-refractivity contribution in [3.63, 3.8) is 0 Å². The van der Waals surface area contributed by atoms with E-state index in [0.717, 1.165) is 57.1 Å². The zero-order chi connectivity index (χ0) is 55.3. The molecular weight excluding hydrogens is 991 g/mol. The number of rotatable bonds is 14. The Bertz CT molecular complexity index is 2690. The SMILES string of the molecule is CCCCCOc1ccc(-c2ccc(-c3ccc(C(=O)NC4CCCNC(=O)C5[C@@H](O)CCN5C(=O)C([C@@H](C)O)NC(=O)C(CCc5ccc(O)cc5)NC(=O)C5C[C@@H](O)CN5C(=O)C([C@@H](C)O)NC4=O)cc3)cc2)cc1. The van der Waals surface area contributed by atoms with Gasteiger partial charge in [0.2, 0.25) is 35.4 Å². The van der Waals surface area contributed by atoms with Crippen LogP contribution in [0.2, 0.25) is 0 Å². The maximum absolute atomic E-state index is 14.4. The number of phenols is 1. The maximum atomic E-state index is 14.4. The number of aromatic hydroxyl groups is 1. The molecule has 3 saturated heterocycles. The summed E-state index contributed by atoms with van der Waals surface area (Å²) in [5.41, 5.74) is 4.58. The Morgan fingerprint density at radius 2 is 1.27 bits per heavy atom. The van der Waals surface area contributed by atoms with Crippen molar-refractivity contribution in [1.29, 1.82) is 0 Å². The molecule has 0 radical (unpaired) electrons. The lowest BCUT2D eigenvalue weighted by atomic mass is 9.99. The number of hydrogen-bond acceptors (Lipinski definition) is 13. The average Bonchev–Trinajstić information content (AvgIpc) is 4.03. The molecule has 0 bridgehead atoms. The quantitative estimate of drug-likeness (QED) is 0.0811. The zero-order valence-electron chi connectivity index (χ0n) is 43.6. The third-order valence-corrected chi connectivity index (χ3v) is 14.3. The Morgan fingerprint density at radius 3 is 1.87 bits per heavy atom. The monoisotopic (exact) mass is 1060 g/mol. The fraction of sp³-hybridized carbons (Fsp3) is 0.456. The van der Waals surface area contributed by atoms with Crippen LogP contribution in [0.1, 0.15) is 88.1 Å². The summed E-state index contributed by atoms with van der Waals surface area (Å²) in [6.45, 7) is 4.71. The molecular formula is C57H71N7O13. The van der Waals surface area contributed by atoms with Crippen LogP contribution in [0.4, 0.5) is 0 Å². The maximum Gasteiger partial charge on any atom is 0.251 e. The van der Waals surface area contributed by atoms with E-state index < -0.39 is 102 Å². The summed E-state index contributed by atoms with van der Waals surface area (Å²) in [4.78, 5) is 101. The van der Waals surface area contributed by atoms with E-state index in [9.17, 15) is 59.1 Å². The molecule has 10 atom stereocenters. The molecule has 4 aromatic rings. The number of nitrogens with zero attached hydrogens (tertiary/aromatic N) is 2. The summed E-state index contributed by atoms with van der Waals surface area (Å²) in [6, 6.07) is 19.7. The average molecular weight is 1060 g/mol. The number of ether oxygens (including phenoxy) is 1. The van der Waals surface area contributed by atoms with Crippen molar-refractivity contribution in [3.05, 3.63) is 108 Å². The van der Waals surface area contributed by atoms with Crippen LogP contribution in [-0.2, 0) is 35.2 Å². The second-order valence-corrected chi connectivity index (χ2v) is 20.1. The molecule has 20 nitrogen and oxygen atoms in total. The predicted molar refractivity (Wildman–Crippen MR) is 284 cm³/mol. The van der Waals surface area contributed by atoms with Gasteiger partial charge in [-0.3, -0.25) is 33.6 Å². The first-order valence-electron chi connectivity index (χ1n) is 26.5. The summed E-state index contributed by atoms with van der Waals surface area (Å²) in [5.74, 6) is -5.12. The van der Waals surface area contributed by atoms with Crippen LogP contribution >= 0.6 is 0 Å². The number of nitrogens with one attached hydrogen (secondary N) is 5. The molecule has 20 heteroatoms. The third-order valence-electron chi connectivity index (χ3n) is 14.3. The first-order valence-corrected chi connectivity index (χ1v) is 26.5. The number of carbonyl (C=O) groups is 7. The molecule has 6 unspecified atom stereocenters. The molecule has 77 heavy (non-hydrogen) atoms. The summed E-state index contributed by atoms with van der Waals surface area (Å²) >= 11 is 0. The highest BCUT2D eigenvalue weighted by atomic mass is 16.5. The van der Waals surface area contributed by atoms with Gasteiger partial charge in [0.1, 0.15) is 47.8 Å². The minimum absolute atomic E-state index is 0.00511. The van der Waals surface area contributed by atoms with Crippen LogP contribution in [0.15, 0.2) is 97.1 Å². The summed E-state index contributed by atoms with van der Waals surface area (Å²) < 4.78 is 5.86. The van der Waals surface area contributed by atoms with E-state index in [1.54, 1.807) is 36.4 Å². The number of benzene rings is 4. The van der Waals surface area contributed by atoms with Gasteiger partial charge in [0.15, 0.2) is 0 Å². The van der Waals surface area contributed by atoms with Crippen molar-refractivity contribution >= 4 is 41.4 Å². The molecule has 7 rings (SSSR count). The van der Waals surface area contributed by atoms with E-state index in [-0.39, 0.29) is 69.5 Å². The molecule has 3 heterocycles. The smallest absolute Gasteiger partial charge is 0.251 e. The molecule has 3 fully saturated rings. The number of carbonyl (C=O) groups excluding carboxylic acids is 7. The Hall–Kier alpha value is -7.39. The van der Waals surface area contributed by atoms with Crippen LogP contribution < -0.4 is 31.3 Å². The topological polar surface area (TPSA) is 296 Å². The van der Waals surface area contributed by atoms with Gasteiger partial charge < -0.3 is 66.7 Å². The first kappa shape index (κ1) is 57.3. The molecule has 0 aromatic heterocycles. The van der Waals surface area contributed by atoms with Gasteiger partial charge in [-0.15, -0.1) is 0 Å². The lowest BCUT2D eigenvalue weighted by molar-refractivity contribution is -0.146. The third kappa shape index (κ3) is 14.8. The van der Waals surface area contributed by atoms with Gasteiger partial charge in [0.25, 0.3) is 5.91 Å². The number of hydrogen-bond donors (Lipinski definition) is 10. The Kier molecular flexibility index (Phi) is 19.8. The first-order chi connectivity index (χ1) is 36.9. The van der Waals surface area contributed by atoms with E-state index in [2.05, 4.69) is 33.5 Å². The van der Waals surface area contributed by atoms with Gasteiger partial charge >= 0.3 is 0 Å². The van der Waals surface area contributed by atoms with Crippen LogP contribution in [-0.4, -0.2) is 164 Å². The second kappa shape index (κ2) is 26.6. The molecule has 10 N–H and O–H groups in total. The van der Waals surface area contributed by atoms with Crippen molar-refractivity contribution < 1.29 is 63.8 Å². The normalized spacial score (nSPS) is 24.8. The fourth-order valence-corrected chi connectivity index (χ4v) is 9.89. The Balaban J connectivity index is 1.11. The molecule has 0 aliphatic carbocycles. The summed E-state index contributed by atoms with van der Waals surface area (Å²) in [6.07, 6.45) is -2.71.